The summed E-state index contributed by atoms with van der Waals surface area (Å²) < 4.78 is 0. The van der Waals surface area contributed by atoms with Gasteiger partial charge in [-0.25, -0.2) is 0 Å². The van der Waals surface area contributed by atoms with Gasteiger partial charge in [0.2, 0.25) is 0 Å². The van der Waals surface area contributed by atoms with Gasteiger partial charge >= 0.3 is 0 Å². The molecule has 5 heteroatoms. The molecule has 1 aromatic carbocycles. The molecule has 1 rings (SSSR count). The second kappa shape index (κ2) is 6.19. The minimum Gasteiger partial charge on any atom is -0.389 e. The summed E-state index contributed by atoms with van der Waals surface area (Å²) in [6, 6.07) is 8.13. The number of nitrogens with zero attached hydrogens (tertiary/aromatic N) is 1. The molecule has 2 atom stereocenters. The van der Waals surface area contributed by atoms with Crippen LogP contribution in [0.25, 0.3) is 0 Å². The number of aliphatic hydroxyl groups is 2. The lowest BCUT2D eigenvalue weighted by Gasteiger charge is -2.13. The van der Waals surface area contributed by atoms with Crippen LogP contribution in [-0.4, -0.2) is 33.9 Å². The topological polar surface area (TPSA) is 83.6 Å². The SMILES string of the molecule is O=[N+]([O-])[C@H](CO)[C@@H](O)CCc1ccccc1. The Morgan fingerprint density at radius 2 is 1.94 bits per heavy atom. The van der Waals surface area contributed by atoms with Crippen molar-refractivity contribution in [3.05, 3.63) is 46.0 Å². The van der Waals surface area contributed by atoms with Crippen LogP contribution in [0.1, 0.15) is 12.0 Å². The third-order valence-corrected chi connectivity index (χ3v) is 2.47. The Kier molecular flexibility index (Phi) is 4.88. The summed E-state index contributed by atoms with van der Waals surface area (Å²) in [7, 11) is 0. The summed E-state index contributed by atoms with van der Waals surface area (Å²) in [6.07, 6.45) is -0.275. The second-order valence-corrected chi connectivity index (χ2v) is 3.63. The predicted octanol–water partition coefficient (Wildman–Crippen LogP) is 0.618. The van der Waals surface area contributed by atoms with E-state index in [0.29, 0.717) is 6.42 Å². The van der Waals surface area contributed by atoms with Crippen molar-refractivity contribution >= 4 is 0 Å². The molecule has 16 heavy (non-hydrogen) atoms. The van der Waals surface area contributed by atoms with Crippen molar-refractivity contribution in [1.82, 2.24) is 0 Å². The van der Waals surface area contributed by atoms with Crippen LogP contribution in [0.5, 0.6) is 0 Å². The first-order valence-corrected chi connectivity index (χ1v) is 5.11. The van der Waals surface area contributed by atoms with Gasteiger partial charge in [-0.3, -0.25) is 10.1 Å². The van der Waals surface area contributed by atoms with Gasteiger partial charge in [0.15, 0.2) is 0 Å². The highest BCUT2D eigenvalue weighted by Crippen LogP contribution is 2.08. The lowest BCUT2D eigenvalue weighted by molar-refractivity contribution is -0.537. The Morgan fingerprint density at radius 3 is 2.44 bits per heavy atom. The van der Waals surface area contributed by atoms with E-state index in [1.54, 1.807) is 0 Å². The summed E-state index contributed by atoms with van der Waals surface area (Å²) >= 11 is 0. The molecule has 0 bridgehead atoms. The van der Waals surface area contributed by atoms with Gasteiger partial charge in [0.1, 0.15) is 12.7 Å². The van der Waals surface area contributed by atoms with Gasteiger partial charge in [-0.05, 0) is 18.4 Å². The van der Waals surface area contributed by atoms with Crippen molar-refractivity contribution in [2.24, 2.45) is 0 Å². The number of aliphatic hydroxyl groups excluding tert-OH is 2. The largest absolute Gasteiger partial charge is 0.389 e. The molecule has 0 aliphatic carbocycles. The number of hydrogen-bond donors (Lipinski definition) is 2. The van der Waals surface area contributed by atoms with Gasteiger partial charge in [0.05, 0.1) is 0 Å². The van der Waals surface area contributed by atoms with Crippen LogP contribution in [0.2, 0.25) is 0 Å². The first-order valence-electron chi connectivity index (χ1n) is 5.11. The zero-order valence-electron chi connectivity index (χ0n) is 8.82. The van der Waals surface area contributed by atoms with Gasteiger partial charge in [-0.1, -0.05) is 30.3 Å². The lowest BCUT2D eigenvalue weighted by Crippen LogP contribution is -2.37. The van der Waals surface area contributed by atoms with E-state index in [9.17, 15) is 15.2 Å². The van der Waals surface area contributed by atoms with E-state index in [1.165, 1.54) is 0 Å². The van der Waals surface area contributed by atoms with Crippen LogP contribution in [-0.2, 0) is 6.42 Å². The number of hydrogen-bond acceptors (Lipinski definition) is 4. The van der Waals surface area contributed by atoms with E-state index in [4.69, 9.17) is 5.11 Å². The van der Waals surface area contributed by atoms with Crippen molar-refractivity contribution in [2.75, 3.05) is 6.61 Å². The van der Waals surface area contributed by atoms with Gasteiger partial charge < -0.3 is 10.2 Å². The fourth-order valence-electron chi connectivity index (χ4n) is 1.48. The molecule has 0 radical (unpaired) electrons. The van der Waals surface area contributed by atoms with Crippen molar-refractivity contribution < 1.29 is 15.1 Å². The Hall–Kier alpha value is -1.46. The smallest absolute Gasteiger partial charge is 0.261 e. The van der Waals surface area contributed by atoms with Crippen LogP contribution in [0.15, 0.2) is 30.3 Å². The average Bonchev–Trinajstić information content (AvgIpc) is 2.28. The first-order chi connectivity index (χ1) is 7.65. The molecule has 0 saturated carbocycles. The molecule has 0 aromatic heterocycles. The fraction of sp³-hybridized carbons (Fsp3) is 0.455. The Balaban J connectivity index is 2.46. The molecule has 0 aliphatic heterocycles. The molecule has 2 N–H and O–H groups in total. The molecule has 88 valence electrons. The normalized spacial score (nSPS) is 14.4. The van der Waals surface area contributed by atoms with Crippen LogP contribution < -0.4 is 0 Å². The molecule has 0 fully saturated rings. The monoisotopic (exact) mass is 225 g/mol. The molecular formula is C11H15NO4. The summed E-state index contributed by atoms with van der Waals surface area (Å²) in [5, 5.41) is 28.8. The summed E-state index contributed by atoms with van der Waals surface area (Å²) in [6.45, 7) is -0.636. The minimum atomic E-state index is -1.29. The van der Waals surface area contributed by atoms with Gasteiger partial charge in [-0.2, -0.15) is 0 Å². The van der Waals surface area contributed by atoms with Crippen molar-refractivity contribution in [3.63, 3.8) is 0 Å². The number of rotatable bonds is 6. The van der Waals surface area contributed by atoms with Crippen molar-refractivity contribution in [3.8, 4) is 0 Å². The van der Waals surface area contributed by atoms with Gasteiger partial charge in [-0.15, -0.1) is 0 Å². The maximum atomic E-state index is 10.5. The molecule has 0 saturated heterocycles. The standard InChI is InChI=1S/C11H15NO4/c13-8-10(12(15)16)11(14)7-6-9-4-2-1-3-5-9/h1-5,10-11,13-14H,6-8H2/t10-,11+/m1/s1. The molecular weight excluding hydrogens is 210 g/mol. The zero-order valence-corrected chi connectivity index (χ0v) is 8.82. The van der Waals surface area contributed by atoms with E-state index >= 15 is 0 Å². The third kappa shape index (κ3) is 3.60. The van der Waals surface area contributed by atoms with Crippen LogP contribution >= 0.6 is 0 Å². The van der Waals surface area contributed by atoms with Crippen LogP contribution in [0, 0.1) is 10.1 Å². The van der Waals surface area contributed by atoms with E-state index in [1.807, 2.05) is 30.3 Å². The highest BCUT2D eigenvalue weighted by Gasteiger charge is 2.28. The third-order valence-electron chi connectivity index (χ3n) is 2.47. The molecule has 0 heterocycles. The number of aryl methyl sites for hydroxylation is 1. The summed E-state index contributed by atoms with van der Waals surface area (Å²) in [5.41, 5.74) is 1.02. The summed E-state index contributed by atoms with van der Waals surface area (Å²) in [5.74, 6) is 0. The Morgan fingerprint density at radius 1 is 1.31 bits per heavy atom. The molecule has 1 aromatic rings. The van der Waals surface area contributed by atoms with Crippen LogP contribution in [0.3, 0.4) is 0 Å². The van der Waals surface area contributed by atoms with E-state index in [-0.39, 0.29) is 6.42 Å². The maximum absolute atomic E-state index is 10.5. The average molecular weight is 225 g/mol. The molecule has 0 unspecified atom stereocenters. The molecule has 0 amide bonds. The quantitative estimate of drug-likeness (QED) is 0.549. The second-order valence-electron chi connectivity index (χ2n) is 3.63. The number of benzene rings is 1. The highest BCUT2D eigenvalue weighted by atomic mass is 16.6. The number of nitro groups is 1. The molecule has 0 spiro atoms. The van der Waals surface area contributed by atoms with Gasteiger partial charge in [0, 0.05) is 4.92 Å². The highest BCUT2D eigenvalue weighted by molar-refractivity contribution is 5.14. The predicted molar refractivity (Wildman–Crippen MR) is 58.6 cm³/mol. The van der Waals surface area contributed by atoms with Crippen molar-refractivity contribution in [1.29, 1.82) is 0 Å². The Labute approximate surface area is 93.5 Å². The lowest BCUT2D eigenvalue weighted by atomic mass is 10.0. The summed E-state index contributed by atoms with van der Waals surface area (Å²) in [4.78, 5) is 9.83. The molecule has 0 aliphatic rings. The minimum absolute atomic E-state index is 0.274. The first kappa shape index (κ1) is 12.6. The van der Waals surface area contributed by atoms with Gasteiger partial charge in [0.25, 0.3) is 6.04 Å². The van der Waals surface area contributed by atoms with E-state index in [0.717, 1.165) is 5.56 Å². The zero-order chi connectivity index (χ0) is 12.0. The van der Waals surface area contributed by atoms with E-state index in [2.05, 4.69) is 0 Å². The van der Waals surface area contributed by atoms with E-state index < -0.39 is 23.7 Å². The molecule has 5 nitrogen and oxygen atoms in total. The Bertz CT molecular complexity index is 328. The fourth-order valence-corrected chi connectivity index (χ4v) is 1.48. The maximum Gasteiger partial charge on any atom is 0.261 e. The van der Waals surface area contributed by atoms with Crippen LogP contribution in [0.4, 0.5) is 0 Å². The van der Waals surface area contributed by atoms with Crippen molar-refractivity contribution in [2.45, 2.75) is 25.0 Å².